The Kier molecular flexibility index (Phi) is 5.20. The van der Waals surface area contributed by atoms with E-state index < -0.39 is 0 Å². The fourth-order valence-corrected chi connectivity index (χ4v) is 3.40. The van der Waals surface area contributed by atoms with E-state index in [1.807, 2.05) is 39.0 Å². The number of ketones is 1. The van der Waals surface area contributed by atoms with Crippen molar-refractivity contribution in [2.45, 2.75) is 31.0 Å². The smallest absolute Gasteiger partial charge is 0.175 e. The molecule has 3 aromatic rings. The van der Waals surface area contributed by atoms with Crippen molar-refractivity contribution in [3.8, 4) is 5.82 Å². The van der Waals surface area contributed by atoms with E-state index >= 15 is 0 Å². The molecule has 1 atom stereocenters. The molecule has 0 radical (unpaired) electrons. The van der Waals surface area contributed by atoms with Gasteiger partial charge in [0.2, 0.25) is 0 Å². The lowest BCUT2D eigenvalue weighted by Gasteiger charge is -2.10. The van der Waals surface area contributed by atoms with Crippen LogP contribution in [0.2, 0.25) is 5.02 Å². The summed E-state index contributed by atoms with van der Waals surface area (Å²) >= 11 is 7.24. The molecule has 2 aromatic heterocycles. The van der Waals surface area contributed by atoms with Crippen LogP contribution >= 0.6 is 23.4 Å². The van der Waals surface area contributed by atoms with Crippen LogP contribution in [0.3, 0.4) is 0 Å². The van der Waals surface area contributed by atoms with Crippen molar-refractivity contribution in [1.82, 2.24) is 20.0 Å². The summed E-state index contributed by atoms with van der Waals surface area (Å²) in [5.41, 5.74) is 2.56. The average Bonchev–Trinajstić information content (AvgIpc) is 2.94. The predicted octanol–water partition coefficient (Wildman–Crippen LogP) is 4.30. The van der Waals surface area contributed by atoms with Gasteiger partial charge in [0.15, 0.2) is 11.6 Å². The molecule has 0 spiro atoms. The van der Waals surface area contributed by atoms with Crippen LogP contribution < -0.4 is 0 Å². The number of thioether (sulfide) groups is 1. The summed E-state index contributed by atoms with van der Waals surface area (Å²) in [6.45, 7) is 5.76. The molecule has 0 saturated carbocycles. The number of Topliss-reactive ketones (excluding diaryl/α,β-unsaturated/α-hetero) is 1. The molecular formula is C18H17ClN4OS. The van der Waals surface area contributed by atoms with Gasteiger partial charge in [-0.2, -0.15) is 5.10 Å². The van der Waals surface area contributed by atoms with Gasteiger partial charge < -0.3 is 0 Å². The number of nitrogens with zero attached hydrogens (tertiary/aromatic N) is 4. The molecule has 0 saturated heterocycles. The zero-order chi connectivity index (χ0) is 18.0. The van der Waals surface area contributed by atoms with Gasteiger partial charge in [0.05, 0.1) is 10.9 Å². The van der Waals surface area contributed by atoms with Gasteiger partial charge in [-0.3, -0.25) is 4.79 Å². The Balaban J connectivity index is 1.71. The largest absolute Gasteiger partial charge is 0.293 e. The van der Waals surface area contributed by atoms with Crippen LogP contribution in [0, 0.1) is 13.8 Å². The van der Waals surface area contributed by atoms with Crippen molar-refractivity contribution in [3.63, 3.8) is 0 Å². The van der Waals surface area contributed by atoms with E-state index in [4.69, 9.17) is 11.6 Å². The molecule has 7 heteroatoms. The second-order valence-electron chi connectivity index (χ2n) is 5.70. The second kappa shape index (κ2) is 7.37. The Bertz CT molecular complexity index is 890. The molecule has 0 amide bonds. The molecule has 0 aliphatic carbocycles. The van der Waals surface area contributed by atoms with Crippen molar-refractivity contribution < 1.29 is 4.79 Å². The summed E-state index contributed by atoms with van der Waals surface area (Å²) in [7, 11) is 0. The molecule has 3 rings (SSSR count). The quantitative estimate of drug-likeness (QED) is 0.493. The molecule has 2 heterocycles. The number of benzene rings is 1. The third-order valence-electron chi connectivity index (χ3n) is 3.65. The topological polar surface area (TPSA) is 60.7 Å². The monoisotopic (exact) mass is 372 g/mol. The summed E-state index contributed by atoms with van der Waals surface area (Å²) in [5, 5.41) is 13.9. The summed E-state index contributed by atoms with van der Waals surface area (Å²) in [4.78, 5) is 12.5. The zero-order valence-corrected chi connectivity index (χ0v) is 15.7. The van der Waals surface area contributed by atoms with Crippen molar-refractivity contribution in [2.24, 2.45) is 0 Å². The first kappa shape index (κ1) is 17.6. The molecule has 0 N–H and O–H groups in total. The van der Waals surface area contributed by atoms with Crippen molar-refractivity contribution in [2.75, 3.05) is 0 Å². The number of aryl methyl sites for hydroxylation is 2. The number of hydrogen-bond donors (Lipinski definition) is 0. The first-order chi connectivity index (χ1) is 11.9. The molecule has 0 aliphatic rings. The number of rotatable bonds is 5. The standard InChI is InChI=1S/C18H17ClN4OS/c1-11-10-12(2)23(22-11)16-8-9-17(21-20-16)25-13(3)18(24)14-4-6-15(19)7-5-14/h4-10,13H,1-3H3. The lowest BCUT2D eigenvalue weighted by molar-refractivity contribution is 0.0994. The molecule has 0 bridgehead atoms. The van der Waals surface area contributed by atoms with Gasteiger partial charge in [-0.05, 0) is 63.2 Å². The SMILES string of the molecule is Cc1cc(C)n(-c2ccc(SC(C)C(=O)c3ccc(Cl)cc3)nn2)n1. The normalized spacial score (nSPS) is 12.2. The van der Waals surface area contributed by atoms with Gasteiger partial charge in [-0.25, -0.2) is 4.68 Å². The van der Waals surface area contributed by atoms with Crippen LogP contribution in [0.15, 0.2) is 47.5 Å². The predicted molar refractivity (Wildman–Crippen MR) is 99.7 cm³/mol. The van der Waals surface area contributed by atoms with E-state index in [1.165, 1.54) is 11.8 Å². The molecule has 0 aliphatic heterocycles. The molecule has 0 fully saturated rings. The average molecular weight is 373 g/mol. The van der Waals surface area contributed by atoms with Gasteiger partial charge >= 0.3 is 0 Å². The highest BCUT2D eigenvalue weighted by molar-refractivity contribution is 8.00. The highest BCUT2D eigenvalue weighted by atomic mass is 35.5. The van der Waals surface area contributed by atoms with Gasteiger partial charge in [-0.15, -0.1) is 10.2 Å². The van der Waals surface area contributed by atoms with Gasteiger partial charge in [0.25, 0.3) is 0 Å². The van der Waals surface area contributed by atoms with Crippen LogP contribution in [0.25, 0.3) is 5.82 Å². The number of aromatic nitrogens is 4. The molecule has 5 nitrogen and oxygen atoms in total. The van der Waals surface area contributed by atoms with Crippen LogP contribution in [-0.4, -0.2) is 31.0 Å². The van der Waals surface area contributed by atoms with Crippen molar-refractivity contribution in [1.29, 1.82) is 0 Å². The third-order valence-corrected chi connectivity index (χ3v) is 4.93. The van der Waals surface area contributed by atoms with Crippen LogP contribution in [0.5, 0.6) is 0 Å². The highest BCUT2D eigenvalue weighted by Gasteiger charge is 2.17. The van der Waals surface area contributed by atoms with Crippen LogP contribution in [0.4, 0.5) is 0 Å². The number of carbonyl (C=O) groups excluding carboxylic acids is 1. The fourth-order valence-electron chi connectivity index (χ4n) is 2.43. The minimum absolute atomic E-state index is 0.0334. The second-order valence-corrected chi connectivity index (χ2v) is 7.50. The fraction of sp³-hybridized carbons (Fsp3) is 0.222. The van der Waals surface area contributed by atoms with E-state index in [0.717, 1.165) is 11.4 Å². The van der Waals surface area contributed by atoms with E-state index in [2.05, 4.69) is 15.3 Å². The first-order valence-corrected chi connectivity index (χ1v) is 9.03. The zero-order valence-electron chi connectivity index (χ0n) is 14.1. The van der Waals surface area contributed by atoms with Crippen molar-refractivity contribution in [3.05, 3.63) is 64.4 Å². The first-order valence-electron chi connectivity index (χ1n) is 7.78. The Morgan fingerprint density at radius 3 is 2.40 bits per heavy atom. The summed E-state index contributed by atoms with van der Waals surface area (Å²) in [6.07, 6.45) is 0. The maximum absolute atomic E-state index is 12.5. The van der Waals surface area contributed by atoms with Gasteiger partial charge in [-0.1, -0.05) is 23.4 Å². The molecule has 25 heavy (non-hydrogen) atoms. The maximum Gasteiger partial charge on any atom is 0.175 e. The van der Waals surface area contributed by atoms with Gasteiger partial charge in [0, 0.05) is 16.3 Å². The lowest BCUT2D eigenvalue weighted by atomic mass is 10.1. The van der Waals surface area contributed by atoms with Gasteiger partial charge in [0.1, 0.15) is 5.03 Å². The summed E-state index contributed by atoms with van der Waals surface area (Å²) < 4.78 is 1.75. The Labute approximate surface area is 155 Å². The van der Waals surface area contributed by atoms with Crippen LogP contribution in [0.1, 0.15) is 28.7 Å². The summed E-state index contributed by atoms with van der Waals surface area (Å²) in [6, 6.07) is 12.6. The minimum atomic E-state index is -0.269. The molecule has 1 aromatic carbocycles. The van der Waals surface area contributed by atoms with Crippen molar-refractivity contribution >= 4 is 29.1 Å². The van der Waals surface area contributed by atoms with E-state index in [9.17, 15) is 4.79 Å². The van der Waals surface area contributed by atoms with E-state index in [-0.39, 0.29) is 11.0 Å². The maximum atomic E-state index is 12.5. The van der Waals surface area contributed by atoms with E-state index in [0.29, 0.717) is 21.4 Å². The Hall–Kier alpha value is -2.18. The molecule has 1 unspecified atom stereocenters. The molecular weight excluding hydrogens is 356 g/mol. The van der Waals surface area contributed by atoms with E-state index in [1.54, 1.807) is 28.9 Å². The number of carbonyl (C=O) groups is 1. The number of halogens is 1. The Morgan fingerprint density at radius 2 is 1.84 bits per heavy atom. The lowest BCUT2D eigenvalue weighted by Crippen LogP contribution is -2.14. The number of hydrogen-bond acceptors (Lipinski definition) is 5. The Morgan fingerprint density at radius 1 is 1.12 bits per heavy atom. The molecule has 128 valence electrons. The van der Waals surface area contributed by atoms with Crippen LogP contribution in [-0.2, 0) is 0 Å². The minimum Gasteiger partial charge on any atom is -0.293 e. The third kappa shape index (κ3) is 4.08. The highest BCUT2D eigenvalue weighted by Crippen LogP contribution is 2.24. The summed E-state index contributed by atoms with van der Waals surface area (Å²) in [5.74, 6) is 0.692.